The van der Waals surface area contributed by atoms with Crippen molar-refractivity contribution in [2.45, 2.75) is 38.1 Å². The van der Waals surface area contributed by atoms with Gasteiger partial charge >= 0.3 is 0 Å². The molecular weight excluding hydrogens is 176 g/mol. The van der Waals surface area contributed by atoms with Gasteiger partial charge in [-0.25, -0.2) is 0 Å². The number of carbonyl (C=O) groups excluding carboxylic acids is 1. The van der Waals surface area contributed by atoms with E-state index in [0.29, 0.717) is 13.1 Å². The second-order valence-corrected chi connectivity index (χ2v) is 3.84. The average molecular weight is 194 g/mol. The third-order valence-corrected chi connectivity index (χ3v) is 2.90. The van der Waals surface area contributed by atoms with Crippen molar-refractivity contribution in [3.8, 4) is 12.3 Å². The molecule has 0 atom stereocenters. The molecule has 0 aromatic carbocycles. The Hall–Kier alpha value is -1.01. The van der Waals surface area contributed by atoms with Gasteiger partial charge < -0.3 is 5.32 Å². The number of terminal acetylenes is 1. The van der Waals surface area contributed by atoms with Crippen LogP contribution in [-0.4, -0.2) is 24.5 Å². The summed E-state index contributed by atoms with van der Waals surface area (Å²) < 4.78 is 0. The standard InChI is InChI=1S/C11H18N2O/c1-3-8-12-9-10(14)13-11(4-2)6-5-7-11/h1,12H,4-9H2,2H3,(H,13,14). The Kier molecular flexibility index (Phi) is 3.97. The molecule has 0 unspecified atom stereocenters. The summed E-state index contributed by atoms with van der Waals surface area (Å²) in [6, 6.07) is 0. The summed E-state index contributed by atoms with van der Waals surface area (Å²) in [7, 11) is 0. The summed E-state index contributed by atoms with van der Waals surface area (Å²) in [5.74, 6) is 2.49. The number of nitrogens with one attached hydrogen (secondary N) is 2. The molecule has 14 heavy (non-hydrogen) atoms. The highest BCUT2D eigenvalue weighted by Gasteiger charge is 2.35. The van der Waals surface area contributed by atoms with Crippen LogP contribution in [-0.2, 0) is 4.79 Å². The number of carbonyl (C=O) groups is 1. The van der Waals surface area contributed by atoms with E-state index in [2.05, 4.69) is 23.5 Å². The maximum Gasteiger partial charge on any atom is 0.234 e. The Morgan fingerprint density at radius 2 is 2.29 bits per heavy atom. The van der Waals surface area contributed by atoms with E-state index in [1.54, 1.807) is 0 Å². The van der Waals surface area contributed by atoms with Gasteiger partial charge in [-0.1, -0.05) is 12.8 Å². The van der Waals surface area contributed by atoms with Crippen LogP contribution < -0.4 is 10.6 Å². The van der Waals surface area contributed by atoms with Crippen LogP contribution in [0.15, 0.2) is 0 Å². The zero-order valence-electron chi connectivity index (χ0n) is 8.73. The Bertz CT molecular complexity index is 233. The molecule has 0 bridgehead atoms. The second kappa shape index (κ2) is 5.02. The fraction of sp³-hybridized carbons (Fsp3) is 0.727. The molecule has 3 heteroatoms. The Morgan fingerprint density at radius 3 is 2.71 bits per heavy atom. The van der Waals surface area contributed by atoms with Crippen LogP contribution in [0.1, 0.15) is 32.6 Å². The molecule has 1 rings (SSSR count). The smallest absolute Gasteiger partial charge is 0.234 e. The van der Waals surface area contributed by atoms with E-state index in [1.807, 2.05) is 0 Å². The minimum atomic E-state index is 0.0572. The quantitative estimate of drug-likeness (QED) is 0.498. The number of rotatable bonds is 5. The van der Waals surface area contributed by atoms with Crippen molar-refractivity contribution in [3.05, 3.63) is 0 Å². The molecule has 0 aromatic rings. The molecule has 1 aliphatic carbocycles. The predicted octanol–water partition coefficient (Wildman–Crippen LogP) is 0.658. The van der Waals surface area contributed by atoms with Crippen molar-refractivity contribution in [2.75, 3.05) is 13.1 Å². The SMILES string of the molecule is C#CCNCC(=O)NC1(CC)CCC1. The summed E-state index contributed by atoms with van der Waals surface area (Å²) in [5, 5.41) is 5.95. The van der Waals surface area contributed by atoms with Crippen molar-refractivity contribution in [1.29, 1.82) is 0 Å². The lowest BCUT2D eigenvalue weighted by atomic mass is 9.75. The maximum atomic E-state index is 11.4. The van der Waals surface area contributed by atoms with E-state index in [0.717, 1.165) is 19.3 Å². The second-order valence-electron chi connectivity index (χ2n) is 3.84. The summed E-state index contributed by atoms with van der Waals surface area (Å²) in [6.07, 6.45) is 9.54. The molecule has 0 radical (unpaired) electrons. The molecule has 0 heterocycles. The number of amides is 1. The molecule has 0 aliphatic heterocycles. The van der Waals surface area contributed by atoms with E-state index in [9.17, 15) is 4.79 Å². The highest BCUT2D eigenvalue weighted by atomic mass is 16.2. The van der Waals surface area contributed by atoms with Gasteiger partial charge in [-0.3, -0.25) is 10.1 Å². The third kappa shape index (κ3) is 2.74. The van der Waals surface area contributed by atoms with Gasteiger partial charge in [-0.2, -0.15) is 0 Å². The lowest BCUT2D eigenvalue weighted by Gasteiger charge is -2.42. The number of hydrogen-bond acceptors (Lipinski definition) is 2. The normalized spacial score (nSPS) is 18.0. The van der Waals surface area contributed by atoms with Crippen LogP contribution in [0.3, 0.4) is 0 Å². The zero-order valence-corrected chi connectivity index (χ0v) is 8.73. The van der Waals surface area contributed by atoms with Gasteiger partial charge in [-0.15, -0.1) is 6.42 Å². The van der Waals surface area contributed by atoms with Gasteiger partial charge in [0.1, 0.15) is 0 Å². The zero-order chi connectivity index (χ0) is 10.4. The maximum absolute atomic E-state index is 11.4. The van der Waals surface area contributed by atoms with E-state index < -0.39 is 0 Å². The topological polar surface area (TPSA) is 41.1 Å². The molecule has 0 saturated heterocycles. The van der Waals surface area contributed by atoms with Crippen LogP contribution in [0.25, 0.3) is 0 Å². The van der Waals surface area contributed by atoms with Crippen LogP contribution in [0.5, 0.6) is 0 Å². The average Bonchev–Trinajstić information content (AvgIpc) is 2.12. The van der Waals surface area contributed by atoms with Crippen molar-refractivity contribution < 1.29 is 4.79 Å². The monoisotopic (exact) mass is 194 g/mol. The minimum absolute atomic E-state index is 0.0572. The van der Waals surface area contributed by atoms with Crippen LogP contribution in [0, 0.1) is 12.3 Å². The lowest BCUT2D eigenvalue weighted by molar-refractivity contribution is -0.123. The largest absolute Gasteiger partial charge is 0.350 e. The first-order valence-electron chi connectivity index (χ1n) is 5.17. The van der Waals surface area contributed by atoms with Crippen molar-refractivity contribution in [3.63, 3.8) is 0 Å². The van der Waals surface area contributed by atoms with Crippen LogP contribution >= 0.6 is 0 Å². The summed E-state index contributed by atoms with van der Waals surface area (Å²) in [5.41, 5.74) is 0.0922. The summed E-state index contributed by atoms with van der Waals surface area (Å²) in [6.45, 7) is 2.90. The lowest BCUT2D eigenvalue weighted by Crippen LogP contribution is -2.54. The predicted molar refractivity (Wildman–Crippen MR) is 56.7 cm³/mol. The first kappa shape index (κ1) is 11.1. The molecule has 78 valence electrons. The first-order valence-corrected chi connectivity index (χ1v) is 5.17. The van der Waals surface area contributed by atoms with E-state index in [1.165, 1.54) is 6.42 Å². The molecule has 1 saturated carbocycles. The van der Waals surface area contributed by atoms with E-state index in [4.69, 9.17) is 6.42 Å². The van der Waals surface area contributed by atoms with Crippen molar-refractivity contribution >= 4 is 5.91 Å². The summed E-state index contributed by atoms with van der Waals surface area (Å²) >= 11 is 0. The first-order chi connectivity index (χ1) is 6.72. The highest BCUT2D eigenvalue weighted by molar-refractivity contribution is 5.79. The van der Waals surface area contributed by atoms with Crippen molar-refractivity contribution in [2.24, 2.45) is 0 Å². The molecular formula is C11H18N2O. The van der Waals surface area contributed by atoms with Gasteiger partial charge in [0.25, 0.3) is 0 Å². The van der Waals surface area contributed by atoms with Crippen molar-refractivity contribution in [1.82, 2.24) is 10.6 Å². The Balaban J connectivity index is 2.22. The molecule has 2 N–H and O–H groups in total. The Morgan fingerprint density at radius 1 is 1.57 bits per heavy atom. The molecule has 0 spiro atoms. The molecule has 1 aliphatic rings. The van der Waals surface area contributed by atoms with E-state index >= 15 is 0 Å². The van der Waals surface area contributed by atoms with Crippen LogP contribution in [0.2, 0.25) is 0 Å². The van der Waals surface area contributed by atoms with Gasteiger partial charge in [0.2, 0.25) is 5.91 Å². The molecule has 0 aromatic heterocycles. The molecule has 1 fully saturated rings. The minimum Gasteiger partial charge on any atom is -0.350 e. The fourth-order valence-corrected chi connectivity index (χ4v) is 1.76. The Labute approximate surface area is 85.6 Å². The van der Waals surface area contributed by atoms with E-state index in [-0.39, 0.29) is 11.4 Å². The fourth-order valence-electron chi connectivity index (χ4n) is 1.76. The third-order valence-electron chi connectivity index (χ3n) is 2.90. The number of hydrogen-bond donors (Lipinski definition) is 2. The molecule has 1 amide bonds. The van der Waals surface area contributed by atoms with Gasteiger partial charge in [0, 0.05) is 5.54 Å². The van der Waals surface area contributed by atoms with Gasteiger partial charge in [0.15, 0.2) is 0 Å². The summed E-state index contributed by atoms with van der Waals surface area (Å²) in [4.78, 5) is 11.4. The highest BCUT2D eigenvalue weighted by Crippen LogP contribution is 2.34. The van der Waals surface area contributed by atoms with Crippen LogP contribution in [0.4, 0.5) is 0 Å². The van der Waals surface area contributed by atoms with Gasteiger partial charge in [0.05, 0.1) is 13.1 Å². The van der Waals surface area contributed by atoms with Gasteiger partial charge in [-0.05, 0) is 25.7 Å². The molecule has 3 nitrogen and oxygen atoms in total.